The summed E-state index contributed by atoms with van der Waals surface area (Å²) in [6, 6.07) is -2.53. The summed E-state index contributed by atoms with van der Waals surface area (Å²) in [6.45, 7) is 3.78. The summed E-state index contributed by atoms with van der Waals surface area (Å²) in [5.41, 5.74) is 5.34. The molecule has 0 unspecified atom stereocenters. The third-order valence-corrected chi connectivity index (χ3v) is 2.33. The maximum Gasteiger partial charge on any atom is 0.322 e. The van der Waals surface area contributed by atoms with Crippen molar-refractivity contribution in [1.82, 2.24) is 16.0 Å². The number of nitrogens with two attached hydrogens (primary N) is 1. The van der Waals surface area contributed by atoms with Crippen LogP contribution in [0.25, 0.3) is 0 Å². The molecule has 0 spiro atoms. The van der Waals surface area contributed by atoms with Gasteiger partial charge in [0.2, 0.25) is 17.7 Å². The predicted molar refractivity (Wildman–Crippen MR) is 69.5 cm³/mol. The number of hydrogen-bond acceptors (Lipinski definition) is 5. The van der Waals surface area contributed by atoms with Gasteiger partial charge in [-0.25, -0.2) is 0 Å². The van der Waals surface area contributed by atoms with Crippen LogP contribution in [0.15, 0.2) is 0 Å². The lowest BCUT2D eigenvalue weighted by Crippen LogP contribution is -2.53. The first kappa shape index (κ1) is 17.8. The number of carbonyl (C=O) groups is 4. The fourth-order valence-electron chi connectivity index (χ4n) is 1.13. The van der Waals surface area contributed by atoms with Crippen LogP contribution in [0.2, 0.25) is 0 Å². The molecule has 0 heterocycles. The molecule has 9 nitrogen and oxygen atoms in total. The molecule has 0 bridgehead atoms. The fourth-order valence-corrected chi connectivity index (χ4v) is 1.13. The maximum absolute atomic E-state index is 11.7. The molecule has 114 valence electrons. The van der Waals surface area contributed by atoms with Crippen LogP contribution >= 0.6 is 0 Å². The van der Waals surface area contributed by atoms with Crippen LogP contribution in [0.5, 0.6) is 0 Å². The molecule has 0 rings (SSSR count). The lowest BCUT2D eigenvalue weighted by atomic mass is 10.2. The highest BCUT2D eigenvalue weighted by Crippen LogP contribution is 1.89. The molecule has 0 radical (unpaired) electrons. The van der Waals surface area contributed by atoms with Crippen molar-refractivity contribution in [2.24, 2.45) is 5.73 Å². The summed E-state index contributed by atoms with van der Waals surface area (Å²) >= 11 is 0. The number of hydrogen-bond donors (Lipinski definition) is 5. The number of rotatable bonds is 7. The molecule has 0 aliphatic rings. The Balaban J connectivity index is 4.27. The van der Waals surface area contributed by atoms with E-state index in [0.717, 1.165) is 0 Å². The van der Waals surface area contributed by atoms with Crippen molar-refractivity contribution in [3.63, 3.8) is 0 Å². The number of carboxylic acid groups (broad SMARTS) is 1. The zero-order valence-electron chi connectivity index (χ0n) is 11.6. The second-order valence-corrected chi connectivity index (χ2v) is 4.36. The highest BCUT2D eigenvalue weighted by atomic mass is 16.4. The van der Waals surface area contributed by atoms with Gasteiger partial charge in [-0.1, -0.05) is 0 Å². The first-order chi connectivity index (χ1) is 9.15. The van der Waals surface area contributed by atoms with Crippen molar-refractivity contribution in [3.05, 3.63) is 0 Å². The second kappa shape index (κ2) is 8.10. The van der Waals surface area contributed by atoms with E-state index in [1.807, 2.05) is 0 Å². The summed E-state index contributed by atoms with van der Waals surface area (Å²) in [7, 11) is 0. The minimum absolute atomic E-state index is 0.490. The highest BCUT2D eigenvalue weighted by molar-refractivity contribution is 5.93. The van der Waals surface area contributed by atoms with Crippen LogP contribution in [-0.4, -0.2) is 53.5 Å². The molecule has 6 N–H and O–H groups in total. The lowest BCUT2D eigenvalue weighted by Gasteiger charge is -2.18. The predicted octanol–water partition coefficient (Wildman–Crippen LogP) is -2.46. The van der Waals surface area contributed by atoms with Gasteiger partial charge in [-0.3, -0.25) is 19.2 Å². The van der Waals surface area contributed by atoms with Gasteiger partial charge in [0, 0.05) is 0 Å². The number of carboxylic acids is 1. The summed E-state index contributed by atoms with van der Waals surface area (Å²) in [5.74, 6) is -2.88. The number of amides is 3. The third kappa shape index (κ3) is 6.69. The van der Waals surface area contributed by atoms with Gasteiger partial charge in [0.25, 0.3) is 0 Å². The maximum atomic E-state index is 11.7. The summed E-state index contributed by atoms with van der Waals surface area (Å²) in [4.78, 5) is 44.7. The fraction of sp³-hybridized carbons (Fsp3) is 0.636. The van der Waals surface area contributed by atoms with Crippen molar-refractivity contribution in [1.29, 1.82) is 0 Å². The van der Waals surface area contributed by atoms with E-state index in [1.54, 1.807) is 0 Å². The van der Waals surface area contributed by atoms with E-state index in [0.29, 0.717) is 0 Å². The van der Waals surface area contributed by atoms with Gasteiger partial charge in [0.15, 0.2) is 0 Å². The molecule has 0 aliphatic carbocycles. The smallest absolute Gasteiger partial charge is 0.322 e. The van der Waals surface area contributed by atoms with Crippen molar-refractivity contribution < 1.29 is 24.3 Å². The molecule has 3 atom stereocenters. The van der Waals surface area contributed by atoms with E-state index < -0.39 is 48.4 Å². The molecule has 0 aromatic carbocycles. The van der Waals surface area contributed by atoms with E-state index in [2.05, 4.69) is 16.0 Å². The highest BCUT2D eigenvalue weighted by Gasteiger charge is 2.21. The second-order valence-electron chi connectivity index (χ2n) is 4.36. The Bertz CT molecular complexity index is 396. The van der Waals surface area contributed by atoms with Gasteiger partial charge in [0.1, 0.15) is 18.6 Å². The van der Waals surface area contributed by atoms with Crippen molar-refractivity contribution in [3.8, 4) is 0 Å². The summed E-state index contributed by atoms with van der Waals surface area (Å²) in [5, 5.41) is 15.2. The number of nitrogens with one attached hydrogen (secondary N) is 3. The molecule has 0 saturated carbocycles. The van der Waals surface area contributed by atoms with Gasteiger partial charge >= 0.3 is 5.97 Å². The van der Waals surface area contributed by atoms with Crippen molar-refractivity contribution in [2.45, 2.75) is 38.9 Å². The van der Waals surface area contributed by atoms with Crippen LogP contribution in [0.1, 0.15) is 20.8 Å². The van der Waals surface area contributed by atoms with Crippen LogP contribution in [0, 0.1) is 0 Å². The molecule has 0 aromatic heterocycles. The van der Waals surface area contributed by atoms with Crippen molar-refractivity contribution in [2.75, 3.05) is 6.54 Å². The van der Waals surface area contributed by atoms with E-state index >= 15 is 0 Å². The van der Waals surface area contributed by atoms with E-state index in [4.69, 9.17) is 10.8 Å². The number of carbonyl (C=O) groups excluding carboxylic acids is 3. The average molecular weight is 288 g/mol. The monoisotopic (exact) mass is 288 g/mol. The Labute approximate surface area is 116 Å². The van der Waals surface area contributed by atoms with E-state index in [1.165, 1.54) is 20.8 Å². The van der Waals surface area contributed by atoms with E-state index in [9.17, 15) is 19.2 Å². The van der Waals surface area contributed by atoms with Crippen LogP contribution in [0.3, 0.4) is 0 Å². The van der Waals surface area contributed by atoms with Gasteiger partial charge < -0.3 is 26.8 Å². The summed E-state index contributed by atoms with van der Waals surface area (Å²) in [6.07, 6.45) is 0. The molecule has 20 heavy (non-hydrogen) atoms. The Hall–Kier alpha value is -2.16. The van der Waals surface area contributed by atoms with Gasteiger partial charge in [0.05, 0.1) is 6.04 Å². The average Bonchev–Trinajstić information content (AvgIpc) is 2.35. The van der Waals surface area contributed by atoms with Gasteiger partial charge in [-0.05, 0) is 20.8 Å². The molecule has 3 amide bonds. The Morgan fingerprint density at radius 3 is 1.85 bits per heavy atom. The topological polar surface area (TPSA) is 151 Å². The van der Waals surface area contributed by atoms with Crippen LogP contribution in [0.4, 0.5) is 0 Å². The largest absolute Gasteiger partial charge is 0.480 e. The Morgan fingerprint density at radius 1 is 0.950 bits per heavy atom. The molecule has 0 saturated heterocycles. The molecular weight excluding hydrogens is 268 g/mol. The van der Waals surface area contributed by atoms with Gasteiger partial charge in [-0.2, -0.15) is 0 Å². The van der Waals surface area contributed by atoms with Crippen LogP contribution in [-0.2, 0) is 19.2 Å². The Morgan fingerprint density at radius 2 is 1.40 bits per heavy atom. The zero-order valence-corrected chi connectivity index (χ0v) is 11.6. The molecule has 0 aliphatic heterocycles. The van der Waals surface area contributed by atoms with E-state index in [-0.39, 0.29) is 0 Å². The minimum atomic E-state index is -1.19. The normalized spacial score (nSPS) is 14.6. The van der Waals surface area contributed by atoms with Crippen molar-refractivity contribution >= 4 is 23.7 Å². The lowest BCUT2D eigenvalue weighted by molar-refractivity contribution is -0.138. The van der Waals surface area contributed by atoms with Gasteiger partial charge in [-0.15, -0.1) is 0 Å². The Kier molecular flexibility index (Phi) is 7.22. The molecular formula is C11H20N4O5. The number of aliphatic carboxylic acids is 1. The minimum Gasteiger partial charge on any atom is -0.480 e. The zero-order chi connectivity index (χ0) is 15.9. The third-order valence-electron chi connectivity index (χ3n) is 2.33. The first-order valence-electron chi connectivity index (χ1n) is 6.01. The molecule has 0 fully saturated rings. The molecule has 0 aromatic rings. The molecule has 9 heteroatoms. The summed E-state index contributed by atoms with van der Waals surface area (Å²) < 4.78 is 0. The first-order valence-corrected chi connectivity index (χ1v) is 6.01. The van der Waals surface area contributed by atoms with Crippen LogP contribution < -0.4 is 21.7 Å². The quantitative estimate of drug-likeness (QED) is 0.350. The standard InChI is InChI=1S/C11H20N4O5/c1-5(12)9(18)14-7(3)11(20)15-6(2)10(19)13-4-8(16)17/h5-7H,4,12H2,1-3H3,(H,13,19)(H,14,18)(H,15,20)(H,16,17)/t5-,6-,7-/m1/s1. The SMILES string of the molecule is C[C@@H](N)C(=O)N[C@H](C)C(=O)N[C@H](C)C(=O)NCC(=O)O.